The summed E-state index contributed by atoms with van der Waals surface area (Å²) in [6.07, 6.45) is -4.64. The van der Waals surface area contributed by atoms with Crippen LogP contribution in [0.25, 0.3) is 0 Å². The van der Waals surface area contributed by atoms with Crippen LogP contribution in [0.1, 0.15) is 15.9 Å². The van der Waals surface area contributed by atoms with Crippen molar-refractivity contribution < 1.29 is 31.9 Å². The molecule has 0 aromatic heterocycles. The number of ether oxygens (including phenoxy) is 1. The van der Waals surface area contributed by atoms with E-state index < -0.39 is 12.1 Å². The van der Waals surface area contributed by atoms with Crippen molar-refractivity contribution >= 4 is 11.8 Å². The number of hydrogen-bond donors (Lipinski definition) is 0. The van der Waals surface area contributed by atoms with Crippen molar-refractivity contribution in [3.05, 3.63) is 65.5 Å². The van der Waals surface area contributed by atoms with E-state index >= 15 is 0 Å². The SMILES string of the molecule is O=C(Cc1ccc(F)cc1)N1CCN(C(=O)c2ccc(OC(F)(F)F)cc2)CC1. The van der Waals surface area contributed by atoms with Crippen LogP contribution in [0.3, 0.4) is 0 Å². The van der Waals surface area contributed by atoms with Gasteiger partial charge in [0.15, 0.2) is 0 Å². The van der Waals surface area contributed by atoms with Crippen LogP contribution in [0.4, 0.5) is 17.6 Å². The Bertz CT molecular complexity index is 859. The molecular weight excluding hydrogens is 392 g/mol. The number of rotatable bonds is 4. The molecule has 0 atom stereocenters. The van der Waals surface area contributed by atoms with E-state index in [1.165, 1.54) is 24.3 Å². The second kappa shape index (κ2) is 8.50. The molecule has 1 fully saturated rings. The molecule has 154 valence electrons. The van der Waals surface area contributed by atoms with Crippen LogP contribution in [0.2, 0.25) is 0 Å². The van der Waals surface area contributed by atoms with Gasteiger partial charge in [0, 0.05) is 31.7 Å². The first-order valence-electron chi connectivity index (χ1n) is 8.88. The summed E-state index contributed by atoms with van der Waals surface area (Å²) in [7, 11) is 0. The van der Waals surface area contributed by atoms with Crippen molar-refractivity contribution in [3.8, 4) is 5.75 Å². The molecule has 3 rings (SSSR count). The molecule has 0 spiro atoms. The highest BCUT2D eigenvalue weighted by Gasteiger charge is 2.31. The quantitative estimate of drug-likeness (QED) is 0.728. The molecule has 0 N–H and O–H groups in total. The highest BCUT2D eigenvalue weighted by Crippen LogP contribution is 2.23. The third kappa shape index (κ3) is 5.69. The number of nitrogens with zero attached hydrogens (tertiary/aromatic N) is 2. The molecule has 0 saturated carbocycles. The van der Waals surface area contributed by atoms with Gasteiger partial charge in [-0.25, -0.2) is 4.39 Å². The number of amides is 2. The van der Waals surface area contributed by atoms with Crippen molar-refractivity contribution in [2.24, 2.45) is 0 Å². The number of carbonyl (C=O) groups is 2. The summed E-state index contributed by atoms with van der Waals surface area (Å²) in [5.41, 5.74) is 0.946. The van der Waals surface area contributed by atoms with Gasteiger partial charge in [-0.3, -0.25) is 9.59 Å². The summed E-state index contributed by atoms with van der Waals surface area (Å²) < 4.78 is 53.3. The maximum Gasteiger partial charge on any atom is 0.573 e. The Morgan fingerprint density at radius 1 is 0.862 bits per heavy atom. The van der Waals surface area contributed by atoms with E-state index in [9.17, 15) is 27.2 Å². The number of halogens is 4. The van der Waals surface area contributed by atoms with Crippen molar-refractivity contribution in [2.45, 2.75) is 12.8 Å². The smallest absolute Gasteiger partial charge is 0.406 e. The Hall–Kier alpha value is -3.10. The summed E-state index contributed by atoms with van der Waals surface area (Å²) in [5.74, 6) is -1.21. The second-order valence-electron chi connectivity index (χ2n) is 6.55. The van der Waals surface area contributed by atoms with Gasteiger partial charge in [0.2, 0.25) is 5.91 Å². The molecule has 1 aliphatic rings. The van der Waals surface area contributed by atoms with Gasteiger partial charge >= 0.3 is 6.36 Å². The monoisotopic (exact) mass is 410 g/mol. The van der Waals surface area contributed by atoms with Gasteiger partial charge in [-0.2, -0.15) is 0 Å². The lowest BCUT2D eigenvalue weighted by atomic mass is 10.1. The van der Waals surface area contributed by atoms with Crippen molar-refractivity contribution in [1.82, 2.24) is 9.80 Å². The Morgan fingerprint density at radius 2 is 1.41 bits per heavy atom. The fourth-order valence-electron chi connectivity index (χ4n) is 3.03. The molecule has 1 saturated heterocycles. The molecule has 0 aliphatic carbocycles. The Kier molecular flexibility index (Phi) is 6.05. The van der Waals surface area contributed by atoms with E-state index in [0.29, 0.717) is 31.7 Å². The number of hydrogen-bond acceptors (Lipinski definition) is 3. The van der Waals surface area contributed by atoms with Crippen molar-refractivity contribution in [3.63, 3.8) is 0 Å². The average molecular weight is 410 g/mol. The van der Waals surface area contributed by atoms with E-state index in [4.69, 9.17) is 0 Å². The molecular formula is C20H18F4N2O3. The summed E-state index contributed by atoms with van der Waals surface area (Å²) in [6.45, 7) is 1.33. The van der Waals surface area contributed by atoms with Gasteiger partial charge in [-0.1, -0.05) is 12.1 Å². The topological polar surface area (TPSA) is 49.9 Å². The molecule has 29 heavy (non-hydrogen) atoms. The Balaban J connectivity index is 1.52. The molecule has 5 nitrogen and oxygen atoms in total. The molecule has 0 radical (unpaired) electrons. The van der Waals surface area contributed by atoms with Crippen LogP contribution < -0.4 is 4.74 Å². The number of alkyl halides is 3. The van der Waals surface area contributed by atoms with E-state index in [2.05, 4.69) is 4.74 Å². The summed E-state index contributed by atoms with van der Waals surface area (Å²) in [6, 6.07) is 10.4. The zero-order valence-corrected chi connectivity index (χ0v) is 15.3. The van der Waals surface area contributed by atoms with Gasteiger partial charge in [0.05, 0.1) is 6.42 Å². The van der Waals surface area contributed by atoms with Gasteiger partial charge in [0.25, 0.3) is 5.91 Å². The van der Waals surface area contributed by atoms with Gasteiger partial charge in [-0.05, 0) is 42.0 Å². The fourth-order valence-corrected chi connectivity index (χ4v) is 3.03. The highest BCUT2D eigenvalue weighted by molar-refractivity contribution is 5.94. The number of benzene rings is 2. The molecule has 2 amide bonds. The van der Waals surface area contributed by atoms with Crippen LogP contribution in [0, 0.1) is 5.82 Å². The molecule has 2 aromatic carbocycles. The van der Waals surface area contributed by atoms with Crippen molar-refractivity contribution in [1.29, 1.82) is 0 Å². The number of carbonyl (C=O) groups excluding carboxylic acids is 2. The summed E-state index contributed by atoms with van der Waals surface area (Å²) in [4.78, 5) is 28.1. The minimum Gasteiger partial charge on any atom is -0.406 e. The molecule has 0 bridgehead atoms. The van der Waals surface area contributed by atoms with E-state index in [1.807, 2.05) is 0 Å². The summed E-state index contributed by atoms with van der Waals surface area (Å²) in [5, 5.41) is 0. The van der Waals surface area contributed by atoms with E-state index in [1.54, 1.807) is 21.9 Å². The first kappa shape index (κ1) is 20.6. The number of piperazine rings is 1. The predicted molar refractivity (Wildman–Crippen MR) is 95.7 cm³/mol. The fraction of sp³-hybridized carbons (Fsp3) is 0.300. The molecule has 1 heterocycles. The van der Waals surface area contributed by atoms with E-state index in [-0.39, 0.29) is 29.6 Å². The average Bonchev–Trinajstić information content (AvgIpc) is 2.69. The van der Waals surface area contributed by atoms with Gasteiger partial charge in [0.1, 0.15) is 11.6 Å². The molecule has 1 aliphatic heterocycles. The van der Waals surface area contributed by atoms with Crippen LogP contribution in [-0.2, 0) is 11.2 Å². The maximum absolute atomic E-state index is 12.9. The minimum atomic E-state index is -4.79. The van der Waals surface area contributed by atoms with Crippen LogP contribution >= 0.6 is 0 Å². The predicted octanol–water partition coefficient (Wildman–Crippen LogP) is 3.25. The van der Waals surface area contributed by atoms with Crippen molar-refractivity contribution in [2.75, 3.05) is 26.2 Å². The maximum atomic E-state index is 12.9. The minimum absolute atomic E-state index is 0.114. The van der Waals surface area contributed by atoms with Gasteiger partial charge < -0.3 is 14.5 Å². The second-order valence-corrected chi connectivity index (χ2v) is 6.55. The Morgan fingerprint density at radius 3 is 1.97 bits per heavy atom. The normalized spacial score (nSPS) is 14.6. The lowest BCUT2D eigenvalue weighted by molar-refractivity contribution is -0.274. The zero-order chi connectivity index (χ0) is 21.0. The Labute approximate surface area is 164 Å². The molecule has 2 aromatic rings. The molecule has 9 heteroatoms. The van der Waals surface area contributed by atoms with E-state index in [0.717, 1.165) is 12.1 Å². The third-order valence-corrected chi connectivity index (χ3v) is 4.52. The van der Waals surface area contributed by atoms with Crippen LogP contribution in [0.15, 0.2) is 48.5 Å². The summed E-state index contributed by atoms with van der Waals surface area (Å²) >= 11 is 0. The van der Waals surface area contributed by atoms with Crippen LogP contribution in [0.5, 0.6) is 5.75 Å². The lowest BCUT2D eigenvalue weighted by Crippen LogP contribution is -2.51. The van der Waals surface area contributed by atoms with Gasteiger partial charge in [-0.15, -0.1) is 13.2 Å². The van der Waals surface area contributed by atoms with Crippen LogP contribution in [-0.4, -0.2) is 54.2 Å². The largest absolute Gasteiger partial charge is 0.573 e. The molecule has 0 unspecified atom stereocenters. The lowest BCUT2D eigenvalue weighted by Gasteiger charge is -2.35. The first-order chi connectivity index (χ1) is 13.7. The zero-order valence-electron chi connectivity index (χ0n) is 15.3. The highest BCUT2D eigenvalue weighted by atomic mass is 19.4. The standard InChI is InChI=1S/C20H18F4N2O3/c21-16-5-1-14(2-6-16)13-18(27)25-9-11-26(12-10-25)19(28)15-3-7-17(8-4-15)29-20(22,23)24/h1-8H,9-13H2. The third-order valence-electron chi connectivity index (χ3n) is 4.52. The first-order valence-corrected chi connectivity index (χ1v) is 8.88.